The third-order valence-electron chi connectivity index (χ3n) is 2.80. The molecule has 6 heteroatoms. The zero-order valence-electron chi connectivity index (χ0n) is 9.08. The number of anilines is 1. The summed E-state index contributed by atoms with van der Waals surface area (Å²) in [5, 5.41) is 6.65. The zero-order valence-corrected chi connectivity index (χ0v) is 10.7. The Morgan fingerprint density at radius 3 is 3.00 bits per heavy atom. The number of benzene rings is 1. The van der Waals surface area contributed by atoms with Gasteiger partial charge in [-0.3, -0.25) is 5.10 Å². The van der Waals surface area contributed by atoms with Crippen LogP contribution in [-0.4, -0.2) is 17.0 Å². The summed E-state index contributed by atoms with van der Waals surface area (Å²) in [6.45, 7) is 2.23. The van der Waals surface area contributed by atoms with Crippen molar-refractivity contribution < 1.29 is 9.47 Å². The summed E-state index contributed by atoms with van der Waals surface area (Å²) in [4.78, 5) is 0. The van der Waals surface area contributed by atoms with Crippen LogP contribution in [0.2, 0.25) is 0 Å². The molecular formula is C11H10BrN3O2. The van der Waals surface area contributed by atoms with E-state index in [-0.39, 0.29) is 6.79 Å². The fraction of sp³-hybridized carbons (Fsp3) is 0.182. The first-order chi connectivity index (χ1) is 8.18. The van der Waals surface area contributed by atoms with Crippen molar-refractivity contribution in [3.63, 3.8) is 0 Å². The predicted molar refractivity (Wildman–Crippen MR) is 67.0 cm³/mol. The standard InChI is InChI=1S/C11H10BrN3O2/c1-5-7(12)2-8-10(17-4-16-8)9(5)6-3-14-15-11(6)13/h2-3H,4H2,1H3,(H3,13,14,15). The summed E-state index contributed by atoms with van der Waals surface area (Å²) in [5.41, 5.74) is 8.64. The van der Waals surface area contributed by atoms with Crippen LogP contribution in [0.5, 0.6) is 11.5 Å². The molecule has 17 heavy (non-hydrogen) atoms. The lowest BCUT2D eigenvalue weighted by Gasteiger charge is -2.10. The van der Waals surface area contributed by atoms with E-state index in [0.29, 0.717) is 5.82 Å². The highest BCUT2D eigenvalue weighted by molar-refractivity contribution is 9.10. The number of nitrogen functional groups attached to an aromatic ring is 1. The third kappa shape index (κ3) is 1.48. The topological polar surface area (TPSA) is 73.2 Å². The molecule has 0 unspecified atom stereocenters. The Kier molecular flexibility index (Phi) is 2.25. The number of rotatable bonds is 1. The highest BCUT2D eigenvalue weighted by atomic mass is 79.9. The molecular weight excluding hydrogens is 286 g/mol. The number of aromatic nitrogens is 2. The van der Waals surface area contributed by atoms with Gasteiger partial charge in [-0.05, 0) is 18.6 Å². The number of ether oxygens (including phenoxy) is 2. The molecule has 0 spiro atoms. The van der Waals surface area contributed by atoms with Gasteiger partial charge in [-0.15, -0.1) is 0 Å². The van der Waals surface area contributed by atoms with Crippen LogP contribution in [0.3, 0.4) is 0 Å². The monoisotopic (exact) mass is 295 g/mol. The second kappa shape index (κ2) is 3.66. The molecule has 0 radical (unpaired) electrons. The van der Waals surface area contributed by atoms with Gasteiger partial charge >= 0.3 is 0 Å². The predicted octanol–water partition coefficient (Wildman–Crippen LogP) is 2.46. The molecule has 88 valence electrons. The smallest absolute Gasteiger partial charge is 0.231 e. The van der Waals surface area contributed by atoms with Gasteiger partial charge in [-0.1, -0.05) is 15.9 Å². The molecule has 2 heterocycles. The molecule has 3 N–H and O–H groups in total. The van der Waals surface area contributed by atoms with E-state index in [1.54, 1.807) is 6.20 Å². The van der Waals surface area contributed by atoms with Crippen LogP contribution in [0.1, 0.15) is 5.56 Å². The maximum absolute atomic E-state index is 5.86. The Hall–Kier alpha value is -1.69. The minimum Gasteiger partial charge on any atom is -0.454 e. The average molecular weight is 296 g/mol. The van der Waals surface area contributed by atoms with Crippen molar-refractivity contribution in [2.24, 2.45) is 0 Å². The van der Waals surface area contributed by atoms with Gasteiger partial charge in [0.1, 0.15) is 5.82 Å². The van der Waals surface area contributed by atoms with E-state index in [1.807, 2.05) is 13.0 Å². The number of aromatic amines is 1. The molecule has 0 atom stereocenters. The highest BCUT2D eigenvalue weighted by Crippen LogP contribution is 2.47. The van der Waals surface area contributed by atoms with Gasteiger partial charge in [0, 0.05) is 15.6 Å². The van der Waals surface area contributed by atoms with Crippen LogP contribution < -0.4 is 15.2 Å². The second-order valence-corrected chi connectivity index (χ2v) is 4.64. The lowest BCUT2D eigenvalue weighted by molar-refractivity contribution is 0.174. The molecule has 0 bridgehead atoms. The summed E-state index contributed by atoms with van der Waals surface area (Å²) < 4.78 is 11.8. The molecule has 1 aromatic heterocycles. The van der Waals surface area contributed by atoms with Crippen LogP contribution in [-0.2, 0) is 0 Å². The van der Waals surface area contributed by atoms with Crippen molar-refractivity contribution in [3.05, 3.63) is 22.3 Å². The maximum atomic E-state index is 5.86. The quantitative estimate of drug-likeness (QED) is 0.848. The molecule has 5 nitrogen and oxygen atoms in total. The van der Waals surface area contributed by atoms with Crippen LogP contribution in [0.4, 0.5) is 5.82 Å². The number of nitrogens with two attached hydrogens (primary N) is 1. The molecule has 1 aliphatic heterocycles. The molecule has 1 aromatic carbocycles. The number of fused-ring (bicyclic) bond motifs is 1. The van der Waals surface area contributed by atoms with E-state index < -0.39 is 0 Å². The van der Waals surface area contributed by atoms with E-state index in [4.69, 9.17) is 15.2 Å². The first-order valence-corrected chi connectivity index (χ1v) is 5.85. The lowest BCUT2D eigenvalue weighted by Crippen LogP contribution is -1.95. The average Bonchev–Trinajstić information content (AvgIpc) is 2.89. The van der Waals surface area contributed by atoms with Crippen LogP contribution in [0.25, 0.3) is 11.1 Å². The lowest BCUT2D eigenvalue weighted by atomic mass is 10.0. The van der Waals surface area contributed by atoms with Gasteiger partial charge in [0.05, 0.1) is 6.20 Å². The normalized spacial score (nSPS) is 13.1. The molecule has 0 amide bonds. The maximum Gasteiger partial charge on any atom is 0.231 e. The van der Waals surface area contributed by atoms with E-state index in [0.717, 1.165) is 32.7 Å². The zero-order chi connectivity index (χ0) is 12.0. The Morgan fingerprint density at radius 1 is 1.47 bits per heavy atom. The molecule has 0 fully saturated rings. The van der Waals surface area contributed by atoms with Crippen LogP contribution >= 0.6 is 15.9 Å². The molecule has 2 aromatic rings. The molecule has 1 aliphatic rings. The van der Waals surface area contributed by atoms with Gasteiger partial charge in [-0.25, -0.2) is 0 Å². The molecule has 0 aliphatic carbocycles. The Balaban J connectivity index is 2.33. The van der Waals surface area contributed by atoms with E-state index in [1.165, 1.54) is 0 Å². The molecule has 0 saturated carbocycles. The second-order valence-electron chi connectivity index (χ2n) is 3.79. The van der Waals surface area contributed by atoms with Gasteiger partial charge < -0.3 is 15.2 Å². The Labute approximate surface area is 106 Å². The van der Waals surface area contributed by atoms with E-state index in [2.05, 4.69) is 26.1 Å². The Morgan fingerprint density at radius 2 is 2.29 bits per heavy atom. The summed E-state index contributed by atoms with van der Waals surface area (Å²) >= 11 is 3.50. The van der Waals surface area contributed by atoms with Gasteiger partial charge in [0.25, 0.3) is 0 Å². The number of halogens is 1. The van der Waals surface area contributed by atoms with Crippen molar-refractivity contribution in [3.8, 4) is 22.6 Å². The molecule has 3 rings (SSSR count). The largest absolute Gasteiger partial charge is 0.454 e. The highest BCUT2D eigenvalue weighted by Gasteiger charge is 2.24. The van der Waals surface area contributed by atoms with E-state index in [9.17, 15) is 0 Å². The van der Waals surface area contributed by atoms with Crippen molar-refractivity contribution in [1.82, 2.24) is 10.2 Å². The van der Waals surface area contributed by atoms with Gasteiger partial charge in [0.2, 0.25) is 6.79 Å². The van der Waals surface area contributed by atoms with Gasteiger partial charge in [-0.2, -0.15) is 5.10 Å². The Bertz CT molecular complexity index is 595. The van der Waals surface area contributed by atoms with Crippen molar-refractivity contribution in [1.29, 1.82) is 0 Å². The summed E-state index contributed by atoms with van der Waals surface area (Å²) in [7, 11) is 0. The minimum atomic E-state index is 0.232. The third-order valence-corrected chi connectivity index (χ3v) is 3.62. The first kappa shape index (κ1) is 10.5. The number of nitrogens with zero attached hydrogens (tertiary/aromatic N) is 1. The van der Waals surface area contributed by atoms with E-state index >= 15 is 0 Å². The number of hydrogen-bond acceptors (Lipinski definition) is 4. The summed E-state index contributed by atoms with van der Waals surface area (Å²) in [6, 6.07) is 1.90. The fourth-order valence-electron chi connectivity index (χ4n) is 1.92. The van der Waals surface area contributed by atoms with Crippen LogP contribution in [0.15, 0.2) is 16.7 Å². The SMILES string of the molecule is Cc1c(Br)cc2c(c1-c1cn[nH]c1N)OCO2. The minimum absolute atomic E-state index is 0.232. The van der Waals surface area contributed by atoms with Crippen molar-refractivity contribution >= 4 is 21.7 Å². The first-order valence-electron chi connectivity index (χ1n) is 5.06. The number of H-pyrrole nitrogens is 1. The molecule has 0 saturated heterocycles. The fourth-order valence-corrected chi connectivity index (χ4v) is 2.33. The van der Waals surface area contributed by atoms with Gasteiger partial charge in [0.15, 0.2) is 11.5 Å². The van der Waals surface area contributed by atoms with Crippen LogP contribution in [0, 0.1) is 6.92 Å². The summed E-state index contributed by atoms with van der Waals surface area (Å²) in [6.07, 6.45) is 1.69. The number of nitrogens with one attached hydrogen (secondary N) is 1. The summed E-state index contributed by atoms with van der Waals surface area (Å²) in [5.74, 6) is 1.96. The van der Waals surface area contributed by atoms with Crippen molar-refractivity contribution in [2.75, 3.05) is 12.5 Å². The number of hydrogen-bond donors (Lipinski definition) is 2. The van der Waals surface area contributed by atoms with Crippen molar-refractivity contribution in [2.45, 2.75) is 6.92 Å².